The Kier molecular flexibility index (Phi) is 13.2. The second kappa shape index (κ2) is 18.2. The third kappa shape index (κ3) is 7.44. The Hall–Kier alpha value is -5.46. The highest BCUT2D eigenvalue weighted by atomic mass is 31.2. The molecule has 4 heteroatoms. The van der Waals surface area contributed by atoms with Crippen LogP contribution < -0.4 is 42.4 Å². The average molecular weight is 713 g/mol. The zero-order valence-corrected chi connectivity index (χ0v) is 30.7. The number of hydrogen-bond donors (Lipinski definition) is 0. The molecule has 8 aromatic rings. The lowest BCUT2D eigenvalue weighted by atomic mass is 10.3. The first-order chi connectivity index (χ1) is 24.8. The molecule has 0 aliphatic rings. The van der Waals surface area contributed by atoms with E-state index in [1.807, 2.05) is 0 Å². The first kappa shape index (κ1) is 37.8. The van der Waals surface area contributed by atoms with Crippen molar-refractivity contribution in [2.24, 2.45) is 0 Å². The molecule has 0 saturated carbocycles. The summed E-state index contributed by atoms with van der Waals surface area (Å²) in [5.41, 5.74) is 0. The standard InChI is InChI=1S/2C24H20P.2H2O/c2*1-5-13-21(14-6-1)25(22-15-7-2-8-16-22,23-17-9-3-10-18-23)24-19-11-4-12-20-24;;/h2*1-20H;2*1H2/q2*+1;;/p-2. The Balaban J connectivity index is 0.000000194. The Morgan fingerprint density at radius 1 is 0.154 bits per heavy atom. The van der Waals surface area contributed by atoms with Crippen LogP contribution in [0.1, 0.15) is 0 Å². The van der Waals surface area contributed by atoms with Crippen molar-refractivity contribution in [2.45, 2.75) is 0 Å². The van der Waals surface area contributed by atoms with Crippen LogP contribution in [0.5, 0.6) is 0 Å². The molecule has 0 amide bonds. The van der Waals surface area contributed by atoms with Crippen molar-refractivity contribution < 1.29 is 11.0 Å². The summed E-state index contributed by atoms with van der Waals surface area (Å²) >= 11 is 0. The molecule has 0 bridgehead atoms. The molecule has 2 N–H and O–H groups in total. The molecule has 0 radical (unpaired) electrons. The van der Waals surface area contributed by atoms with E-state index < -0.39 is 14.5 Å². The zero-order chi connectivity index (χ0) is 33.9. The summed E-state index contributed by atoms with van der Waals surface area (Å²) in [6.45, 7) is 0. The number of rotatable bonds is 8. The predicted molar refractivity (Wildman–Crippen MR) is 226 cm³/mol. The van der Waals surface area contributed by atoms with Crippen molar-refractivity contribution in [2.75, 3.05) is 0 Å². The van der Waals surface area contributed by atoms with Crippen LogP contribution in [-0.2, 0) is 0 Å². The molecule has 0 aromatic heterocycles. The van der Waals surface area contributed by atoms with Gasteiger partial charge in [-0.25, -0.2) is 0 Å². The van der Waals surface area contributed by atoms with E-state index in [1.165, 1.54) is 42.4 Å². The average Bonchev–Trinajstić information content (AvgIpc) is 3.22. The lowest BCUT2D eigenvalue weighted by molar-refractivity contribution is 0.823. The fourth-order valence-corrected chi connectivity index (χ4v) is 15.5. The van der Waals surface area contributed by atoms with Crippen LogP contribution in [0.2, 0.25) is 0 Å². The van der Waals surface area contributed by atoms with Crippen molar-refractivity contribution in [3.8, 4) is 0 Å². The van der Waals surface area contributed by atoms with E-state index in [4.69, 9.17) is 0 Å². The molecule has 0 aliphatic carbocycles. The molecule has 0 unspecified atom stereocenters. The van der Waals surface area contributed by atoms with E-state index in [0.717, 1.165) is 0 Å². The van der Waals surface area contributed by atoms with Crippen LogP contribution in [0.3, 0.4) is 0 Å². The van der Waals surface area contributed by atoms with E-state index in [-0.39, 0.29) is 11.0 Å². The van der Waals surface area contributed by atoms with E-state index in [9.17, 15) is 0 Å². The van der Waals surface area contributed by atoms with Crippen molar-refractivity contribution in [3.05, 3.63) is 243 Å². The van der Waals surface area contributed by atoms with Gasteiger partial charge in [0.2, 0.25) is 0 Å². The lowest BCUT2D eigenvalue weighted by Crippen LogP contribution is -2.38. The minimum Gasteiger partial charge on any atom is -0.870 e. The molecule has 0 heterocycles. The fourth-order valence-electron chi connectivity index (χ4n) is 7.00. The maximum absolute atomic E-state index is 2.28. The third-order valence-electron chi connectivity index (χ3n) is 9.15. The van der Waals surface area contributed by atoms with Crippen molar-refractivity contribution in [1.29, 1.82) is 0 Å². The van der Waals surface area contributed by atoms with Gasteiger partial charge in [0.1, 0.15) is 57.0 Å². The summed E-state index contributed by atoms with van der Waals surface area (Å²) in [6, 6.07) is 87.7. The SMILES string of the molecule is [OH-].[OH-].c1ccc([P+](c2ccccc2)(c2ccccc2)c2ccccc2)cc1.c1ccc([P+](c2ccccc2)(c2ccccc2)c2ccccc2)cc1. The highest BCUT2D eigenvalue weighted by Gasteiger charge is 2.48. The molecule has 2 nitrogen and oxygen atoms in total. The molecular formula is C48H42O2P2. The van der Waals surface area contributed by atoms with Crippen LogP contribution in [-0.4, -0.2) is 11.0 Å². The van der Waals surface area contributed by atoms with E-state index >= 15 is 0 Å². The number of hydrogen-bond acceptors (Lipinski definition) is 2. The largest absolute Gasteiger partial charge is 0.870 e. The van der Waals surface area contributed by atoms with Gasteiger partial charge in [-0.15, -0.1) is 0 Å². The van der Waals surface area contributed by atoms with Gasteiger partial charge in [0, 0.05) is 0 Å². The van der Waals surface area contributed by atoms with Gasteiger partial charge in [-0.2, -0.15) is 0 Å². The predicted octanol–water partition coefficient (Wildman–Crippen LogP) is 8.26. The second-order valence-electron chi connectivity index (χ2n) is 12.0. The molecule has 0 aliphatic heterocycles. The summed E-state index contributed by atoms with van der Waals surface area (Å²) < 4.78 is 0. The molecule has 0 saturated heterocycles. The minimum atomic E-state index is -1.91. The minimum absolute atomic E-state index is 0. The zero-order valence-electron chi connectivity index (χ0n) is 28.9. The summed E-state index contributed by atoms with van der Waals surface area (Å²) in [5, 5.41) is 11.1. The van der Waals surface area contributed by atoms with Crippen molar-refractivity contribution in [1.82, 2.24) is 0 Å². The Morgan fingerprint density at radius 3 is 0.346 bits per heavy atom. The van der Waals surface area contributed by atoms with E-state index in [1.54, 1.807) is 0 Å². The highest BCUT2D eigenvalue weighted by molar-refractivity contribution is 8.02. The van der Waals surface area contributed by atoms with Gasteiger partial charge in [0.15, 0.2) is 0 Å². The molecule has 8 aromatic carbocycles. The Bertz CT molecular complexity index is 1680. The van der Waals surface area contributed by atoms with Gasteiger partial charge in [0.05, 0.1) is 0 Å². The molecule has 0 spiro atoms. The fraction of sp³-hybridized carbons (Fsp3) is 0. The van der Waals surface area contributed by atoms with Crippen molar-refractivity contribution >= 4 is 57.0 Å². The molecule has 0 atom stereocenters. The topological polar surface area (TPSA) is 60.0 Å². The van der Waals surface area contributed by atoms with Gasteiger partial charge in [0.25, 0.3) is 0 Å². The van der Waals surface area contributed by atoms with Crippen LogP contribution in [0.15, 0.2) is 243 Å². The summed E-state index contributed by atoms with van der Waals surface area (Å²) in [4.78, 5) is 0. The van der Waals surface area contributed by atoms with E-state index in [0.29, 0.717) is 0 Å². The molecule has 52 heavy (non-hydrogen) atoms. The quantitative estimate of drug-likeness (QED) is 0.149. The van der Waals surface area contributed by atoms with Gasteiger partial charge in [-0.05, 0) is 97.1 Å². The first-order valence-corrected chi connectivity index (χ1v) is 20.7. The third-order valence-corrected chi connectivity index (χ3v) is 17.7. The van der Waals surface area contributed by atoms with Crippen LogP contribution in [0, 0.1) is 0 Å². The maximum atomic E-state index is 2.28. The van der Waals surface area contributed by atoms with Crippen LogP contribution in [0.4, 0.5) is 0 Å². The van der Waals surface area contributed by atoms with Crippen LogP contribution in [0.25, 0.3) is 0 Å². The van der Waals surface area contributed by atoms with E-state index in [2.05, 4.69) is 243 Å². The molecule has 256 valence electrons. The number of benzene rings is 8. The molecule has 0 fully saturated rings. The normalized spacial score (nSPS) is 10.8. The maximum Gasteiger partial charge on any atom is 0.144 e. The van der Waals surface area contributed by atoms with Crippen molar-refractivity contribution in [3.63, 3.8) is 0 Å². The second-order valence-corrected chi connectivity index (χ2v) is 18.8. The van der Waals surface area contributed by atoms with Gasteiger partial charge >= 0.3 is 0 Å². The van der Waals surface area contributed by atoms with Crippen LogP contribution >= 0.6 is 14.5 Å². The highest BCUT2D eigenvalue weighted by Crippen LogP contribution is 2.55. The smallest absolute Gasteiger partial charge is 0.144 e. The summed E-state index contributed by atoms with van der Waals surface area (Å²) in [5.74, 6) is 0. The molecule has 8 rings (SSSR count). The summed E-state index contributed by atoms with van der Waals surface area (Å²) in [7, 11) is -3.81. The van der Waals surface area contributed by atoms with Gasteiger partial charge < -0.3 is 11.0 Å². The molecular weight excluding hydrogens is 670 g/mol. The Labute approximate surface area is 309 Å². The lowest BCUT2D eigenvalue weighted by Gasteiger charge is -2.27. The Morgan fingerprint density at radius 2 is 0.250 bits per heavy atom. The van der Waals surface area contributed by atoms with Gasteiger partial charge in [-0.1, -0.05) is 146 Å². The summed E-state index contributed by atoms with van der Waals surface area (Å²) in [6.07, 6.45) is 0. The first-order valence-electron chi connectivity index (χ1n) is 17.1. The van der Waals surface area contributed by atoms with Gasteiger partial charge in [-0.3, -0.25) is 0 Å². The monoisotopic (exact) mass is 712 g/mol.